The van der Waals surface area contributed by atoms with Crippen LogP contribution in [0, 0.1) is 0 Å². The van der Waals surface area contributed by atoms with Crippen molar-refractivity contribution in [3.63, 3.8) is 0 Å². The number of thiazole rings is 1. The van der Waals surface area contributed by atoms with Gasteiger partial charge in [-0.2, -0.15) is 0 Å². The summed E-state index contributed by atoms with van der Waals surface area (Å²) in [5, 5.41) is 10.5. The van der Waals surface area contributed by atoms with Gasteiger partial charge >= 0.3 is 0 Å². The van der Waals surface area contributed by atoms with E-state index in [0.29, 0.717) is 10.8 Å². The lowest BCUT2D eigenvalue weighted by atomic mass is 10.3. The summed E-state index contributed by atoms with van der Waals surface area (Å²) in [6.45, 7) is 2.07. The van der Waals surface area contributed by atoms with Gasteiger partial charge in [-0.05, 0) is 18.6 Å². The monoisotopic (exact) mass is 209 g/mol. The van der Waals surface area contributed by atoms with Crippen LogP contribution in [0.15, 0.2) is 29.0 Å². The number of rotatable bonds is 3. The van der Waals surface area contributed by atoms with Crippen LogP contribution < -0.4 is 0 Å². The Labute approximate surface area is 86.0 Å². The third-order valence-electron chi connectivity index (χ3n) is 1.97. The van der Waals surface area contributed by atoms with Crippen molar-refractivity contribution in [2.24, 2.45) is 0 Å². The first-order valence-corrected chi connectivity index (χ1v) is 5.29. The molecule has 0 aliphatic rings. The van der Waals surface area contributed by atoms with Crippen molar-refractivity contribution in [2.45, 2.75) is 19.4 Å². The van der Waals surface area contributed by atoms with Crippen LogP contribution in [0.1, 0.15) is 28.7 Å². The summed E-state index contributed by atoms with van der Waals surface area (Å²) >= 11 is 1.52. The number of aliphatic hydroxyl groups is 1. The second kappa shape index (κ2) is 3.94. The first kappa shape index (κ1) is 9.43. The first-order chi connectivity index (χ1) is 6.81. The minimum Gasteiger partial charge on any atom is -0.466 e. The van der Waals surface area contributed by atoms with E-state index in [1.54, 1.807) is 24.6 Å². The Hall–Kier alpha value is -1.13. The third kappa shape index (κ3) is 1.71. The second-order valence-electron chi connectivity index (χ2n) is 2.94. The van der Waals surface area contributed by atoms with Gasteiger partial charge in [-0.1, -0.05) is 6.92 Å². The molecule has 0 spiro atoms. The smallest absolute Gasteiger partial charge is 0.163 e. The molecule has 0 aliphatic heterocycles. The summed E-state index contributed by atoms with van der Waals surface area (Å²) < 4.78 is 5.11. The Morgan fingerprint density at radius 2 is 2.50 bits per heavy atom. The fraction of sp³-hybridized carbons (Fsp3) is 0.300. The van der Waals surface area contributed by atoms with Crippen molar-refractivity contribution < 1.29 is 9.52 Å². The van der Waals surface area contributed by atoms with E-state index in [0.717, 1.165) is 6.42 Å². The molecule has 2 aromatic heterocycles. The van der Waals surface area contributed by atoms with E-state index in [4.69, 9.17) is 4.42 Å². The Kier molecular flexibility index (Phi) is 2.65. The fourth-order valence-corrected chi connectivity index (χ4v) is 2.03. The zero-order valence-corrected chi connectivity index (χ0v) is 8.62. The van der Waals surface area contributed by atoms with Crippen molar-refractivity contribution in [2.75, 3.05) is 0 Å². The number of aromatic nitrogens is 1. The molecular formula is C10H11NO2S. The number of aliphatic hydroxyl groups excluding tert-OH is 1. The summed E-state index contributed by atoms with van der Waals surface area (Å²) in [6.07, 6.45) is 3.57. The van der Waals surface area contributed by atoms with Crippen LogP contribution in [-0.4, -0.2) is 10.1 Å². The zero-order valence-electron chi connectivity index (χ0n) is 7.80. The predicted molar refractivity (Wildman–Crippen MR) is 54.3 cm³/mol. The summed E-state index contributed by atoms with van der Waals surface area (Å²) in [4.78, 5) is 5.32. The van der Waals surface area contributed by atoms with Crippen molar-refractivity contribution in [1.82, 2.24) is 4.98 Å². The Bertz CT molecular complexity index is 394. The van der Waals surface area contributed by atoms with Crippen LogP contribution in [0.5, 0.6) is 0 Å². The highest BCUT2D eigenvalue weighted by Crippen LogP contribution is 2.26. The number of nitrogens with zero attached hydrogens (tertiary/aromatic N) is 1. The third-order valence-corrected chi connectivity index (χ3v) is 3.16. The zero-order chi connectivity index (χ0) is 9.97. The summed E-state index contributed by atoms with van der Waals surface area (Å²) in [5.74, 6) is 0.544. The molecular weight excluding hydrogens is 198 g/mol. The van der Waals surface area contributed by atoms with E-state index in [1.807, 2.05) is 0 Å². The molecule has 1 N–H and O–H groups in total. The van der Waals surface area contributed by atoms with Gasteiger partial charge < -0.3 is 9.52 Å². The van der Waals surface area contributed by atoms with Gasteiger partial charge in [0, 0.05) is 11.1 Å². The van der Waals surface area contributed by atoms with Gasteiger partial charge in [0.2, 0.25) is 0 Å². The number of hydrogen-bond acceptors (Lipinski definition) is 4. The summed E-state index contributed by atoms with van der Waals surface area (Å²) in [5.41, 5.74) is 0. The minimum absolute atomic E-state index is 0.544. The Morgan fingerprint density at radius 3 is 3.07 bits per heavy atom. The van der Waals surface area contributed by atoms with Crippen molar-refractivity contribution in [3.8, 4) is 0 Å². The van der Waals surface area contributed by atoms with Gasteiger partial charge in [-0.25, -0.2) is 4.98 Å². The standard InChI is InChI=1S/C10H11NO2S/c1-2-7-6-11-10(14-7)9(12)8-4-3-5-13-8/h3-6,9,12H,2H2,1H3. The Morgan fingerprint density at radius 1 is 1.64 bits per heavy atom. The maximum atomic E-state index is 9.84. The molecule has 0 saturated heterocycles. The number of aryl methyl sites for hydroxylation is 1. The van der Waals surface area contributed by atoms with E-state index in [1.165, 1.54) is 16.2 Å². The van der Waals surface area contributed by atoms with Gasteiger partial charge in [0.25, 0.3) is 0 Å². The predicted octanol–water partition coefficient (Wildman–Crippen LogP) is 2.38. The molecule has 2 aromatic rings. The van der Waals surface area contributed by atoms with E-state index in [9.17, 15) is 5.11 Å². The SMILES string of the molecule is CCc1cnc(C(O)c2ccco2)s1. The molecule has 0 aromatic carbocycles. The molecule has 1 unspecified atom stereocenters. The van der Waals surface area contributed by atoms with E-state index in [-0.39, 0.29) is 0 Å². The molecule has 2 heterocycles. The lowest BCUT2D eigenvalue weighted by Crippen LogP contribution is -1.96. The minimum atomic E-state index is -0.727. The summed E-state index contributed by atoms with van der Waals surface area (Å²) in [7, 11) is 0. The molecule has 74 valence electrons. The largest absolute Gasteiger partial charge is 0.466 e. The highest BCUT2D eigenvalue weighted by Gasteiger charge is 2.16. The highest BCUT2D eigenvalue weighted by atomic mass is 32.1. The molecule has 2 rings (SSSR count). The Balaban J connectivity index is 2.23. The van der Waals surface area contributed by atoms with E-state index in [2.05, 4.69) is 11.9 Å². The topological polar surface area (TPSA) is 46.3 Å². The molecule has 3 nitrogen and oxygen atoms in total. The first-order valence-electron chi connectivity index (χ1n) is 4.47. The van der Waals surface area contributed by atoms with Gasteiger partial charge in [-0.15, -0.1) is 11.3 Å². The maximum Gasteiger partial charge on any atom is 0.163 e. The summed E-state index contributed by atoms with van der Waals surface area (Å²) in [6, 6.07) is 3.50. The average molecular weight is 209 g/mol. The van der Waals surface area contributed by atoms with Crippen LogP contribution in [0.4, 0.5) is 0 Å². The van der Waals surface area contributed by atoms with Crippen LogP contribution in [0.2, 0.25) is 0 Å². The van der Waals surface area contributed by atoms with E-state index >= 15 is 0 Å². The van der Waals surface area contributed by atoms with Crippen molar-refractivity contribution >= 4 is 11.3 Å². The molecule has 4 heteroatoms. The second-order valence-corrected chi connectivity index (χ2v) is 4.08. The van der Waals surface area contributed by atoms with Crippen LogP contribution >= 0.6 is 11.3 Å². The molecule has 0 radical (unpaired) electrons. The molecule has 0 aliphatic carbocycles. The van der Waals surface area contributed by atoms with Crippen LogP contribution in [0.3, 0.4) is 0 Å². The molecule has 14 heavy (non-hydrogen) atoms. The maximum absolute atomic E-state index is 9.84. The van der Waals surface area contributed by atoms with Crippen LogP contribution in [-0.2, 0) is 6.42 Å². The molecule has 0 bridgehead atoms. The van der Waals surface area contributed by atoms with Crippen molar-refractivity contribution in [1.29, 1.82) is 0 Å². The van der Waals surface area contributed by atoms with Crippen LogP contribution in [0.25, 0.3) is 0 Å². The van der Waals surface area contributed by atoms with E-state index < -0.39 is 6.10 Å². The van der Waals surface area contributed by atoms with Crippen molar-refractivity contribution in [3.05, 3.63) is 40.2 Å². The number of furan rings is 1. The van der Waals surface area contributed by atoms with Gasteiger partial charge in [-0.3, -0.25) is 0 Å². The van der Waals surface area contributed by atoms with Gasteiger partial charge in [0.1, 0.15) is 10.8 Å². The average Bonchev–Trinajstić information content (AvgIpc) is 2.88. The molecule has 0 amide bonds. The molecule has 0 saturated carbocycles. The fourth-order valence-electron chi connectivity index (χ4n) is 1.18. The highest BCUT2D eigenvalue weighted by molar-refractivity contribution is 7.11. The lowest BCUT2D eigenvalue weighted by Gasteiger charge is -2.01. The van der Waals surface area contributed by atoms with Gasteiger partial charge in [0.05, 0.1) is 6.26 Å². The quantitative estimate of drug-likeness (QED) is 0.844. The number of hydrogen-bond donors (Lipinski definition) is 1. The molecule has 1 atom stereocenters. The normalized spacial score (nSPS) is 13.0. The molecule has 0 fully saturated rings. The lowest BCUT2D eigenvalue weighted by molar-refractivity contribution is 0.189. The van der Waals surface area contributed by atoms with Gasteiger partial charge in [0.15, 0.2) is 6.10 Å².